The van der Waals surface area contributed by atoms with Crippen molar-refractivity contribution in [3.63, 3.8) is 0 Å². The molecule has 1 aliphatic rings. The summed E-state index contributed by atoms with van der Waals surface area (Å²) in [7, 11) is 0. The lowest BCUT2D eigenvalue weighted by Gasteiger charge is -2.22. The number of benzene rings is 2. The van der Waals surface area contributed by atoms with E-state index >= 15 is 0 Å². The Morgan fingerprint density at radius 1 is 1.00 bits per heavy atom. The maximum atomic E-state index is 12.7. The molecule has 0 saturated heterocycles. The van der Waals surface area contributed by atoms with Crippen LogP contribution in [0.3, 0.4) is 0 Å². The first kappa shape index (κ1) is 26.7. The van der Waals surface area contributed by atoms with Gasteiger partial charge in [-0.05, 0) is 43.0 Å². The Balaban J connectivity index is 1.70. The highest BCUT2D eigenvalue weighted by atomic mass is 16.7. The molecule has 36 heavy (non-hydrogen) atoms. The Kier molecular flexibility index (Phi) is 8.34. The number of carbonyl (C=O) groups excluding carboxylic acids is 3. The van der Waals surface area contributed by atoms with Crippen molar-refractivity contribution in [1.82, 2.24) is 5.32 Å². The second-order valence-corrected chi connectivity index (χ2v) is 9.89. The van der Waals surface area contributed by atoms with Gasteiger partial charge in [-0.2, -0.15) is 0 Å². The highest BCUT2D eigenvalue weighted by Gasteiger charge is 2.32. The summed E-state index contributed by atoms with van der Waals surface area (Å²) in [5.74, 6) is -1.87. The molecular weight excluding hydrogens is 462 g/mol. The van der Waals surface area contributed by atoms with Crippen LogP contribution < -0.4 is 11.1 Å². The molecular formula is C27H33N3O6. The van der Waals surface area contributed by atoms with Crippen LogP contribution in [0.1, 0.15) is 58.1 Å². The fraction of sp³-hybridized carbons (Fsp3) is 0.407. The van der Waals surface area contributed by atoms with Crippen molar-refractivity contribution >= 4 is 23.9 Å². The minimum Gasteiger partial charge on any atom is -0.460 e. The van der Waals surface area contributed by atoms with Crippen LogP contribution in [0.15, 0.2) is 53.7 Å². The zero-order valence-corrected chi connectivity index (χ0v) is 21.2. The molecule has 0 unspecified atom stereocenters. The van der Waals surface area contributed by atoms with Gasteiger partial charge in [0.1, 0.15) is 24.1 Å². The minimum absolute atomic E-state index is 0.0481. The lowest BCUT2D eigenvalue weighted by molar-refractivity contribution is -0.159. The summed E-state index contributed by atoms with van der Waals surface area (Å²) in [5.41, 5.74) is 9.23. The fourth-order valence-corrected chi connectivity index (χ4v) is 3.79. The van der Waals surface area contributed by atoms with Crippen molar-refractivity contribution in [1.29, 1.82) is 0 Å². The molecule has 0 aromatic heterocycles. The quantitative estimate of drug-likeness (QED) is 0.185. The third-order valence-corrected chi connectivity index (χ3v) is 5.54. The number of fused-ring (bicyclic) bond motifs is 3. The number of carbonyl (C=O) groups is 3. The van der Waals surface area contributed by atoms with Crippen LogP contribution in [-0.4, -0.2) is 42.1 Å². The van der Waals surface area contributed by atoms with E-state index in [1.165, 1.54) is 0 Å². The van der Waals surface area contributed by atoms with Crippen LogP contribution in [0.2, 0.25) is 0 Å². The fourth-order valence-electron chi connectivity index (χ4n) is 3.79. The van der Waals surface area contributed by atoms with E-state index in [1.54, 1.807) is 34.6 Å². The SMILES string of the molecule is CC(C)/C(N)=N\OC(=O)[C@@H](CC(=O)OC(C)(C)C)NC(=O)OCC1c2ccccc2-c2ccccc21. The van der Waals surface area contributed by atoms with E-state index in [0.717, 1.165) is 22.3 Å². The van der Waals surface area contributed by atoms with Crippen LogP contribution in [-0.2, 0) is 23.9 Å². The van der Waals surface area contributed by atoms with Gasteiger partial charge in [-0.25, -0.2) is 9.59 Å². The molecule has 3 rings (SSSR count). The van der Waals surface area contributed by atoms with E-state index in [1.807, 2.05) is 48.5 Å². The van der Waals surface area contributed by atoms with Gasteiger partial charge in [0.2, 0.25) is 0 Å². The van der Waals surface area contributed by atoms with Crippen molar-refractivity contribution in [2.45, 2.75) is 58.6 Å². The molecule has 2 aromatic rings. The number of esters is 1. The molecule has 1 aliphatic carbocycles. The van der Waals surface area contributed by atoms with Crippen LogP contribution in [0, 0.1) is 5.92 Å². The summed E-state index contributed by atoms with van der Waals surface area (Å²) in [6.45, 7) is 8.70. The molecule has 0 bridgehead atoms. The smallest absolute Gasteiger partial charge is 0.407 e. The third-order valence-electron chi connectivity index (χ3n) is 5.54. The molecule has 0 radical (unpaired) electrons. The second-order valence-electron chi connectivity index (χ2n) is 9.89. The molecule has 192 valence electrons. The Hall–Kier alpha value is -3.88. The van der Waals surface area contributed by atoms with Crippen LogP contribution >= 0.6 is 0 Å². The zero-order valence-electron chi connectivity index (χ0n) is 21.2. The van der Waals surface area contributed by atoms with Crippen molar-refractivity contribution in [3.8, 4) is 11.1 Å². The highest BCUT2D eigenvalue weighted by molar-refractivity contribution is 5.88. The van der Waals surface area contributed by atoms with Gasteiger partial charge in [-0.15, -0.1) is 0 Å². The summed E-state index contributed by atoms with van der Waals surface area (Å²) >= 11 is 0. The molecule has 1 amide bonds. The minimum atomic E-state index is -1.38. The van der Waals surface area contributed by atoms with Crippen LogP contribution in [0.4, 0.5) is 4.79 Å². The molecule has 3 N–H and O–H groups in total. The first-order chi connectivity index (χ1) is 17.0. The van der Waals surface area contributed by atoms with Crippen molar-refractivity contribution < 1.29 is 28.7 Å². The average molecular weight is 496 g/mol. The van der Waals surface area contributed by atoms with Crippen molar-refractivity contribution in [2.24, 2.45) is 16.8 Å². The number of rotatable bonds is 8. The largest absolute Gasteiger partial charge is 0.460 e. The average Bonchev–Trinajstić information content (AvgIpc) is 3.13. The Morgan fingerprint density at radius 2 is 1.56 bits per heavy atom. The number of hydrogen-bond acceptors (Lipinski definition) is 7. The van der Waals surface area contributed by atoms with E-state index < -0.39 is 36.1 Å². The lowest BCUT2D eigenvalue weighted by Crippen LogP contribution is -2.44. The summed E-state index contributed by atoms with van der Waals surface area (Å²) in [5, 5.41) is 6.01. The first-order valence-electron chi connectivity index (χ1n) is 11.8. The predicted molar refractivity (Wildman–Crippen MR) is 135 cm³/mol. The van der Waals surface area contributed by atoms with Gasteiger partial charge in [0.25, 0.3) is 0 Å². The van der Waals surface area contributed by atoms with Gasteiger partial charge in [0.05, 0.1) is 6.42 Å². The number of nitrogens with one attached hydrogen (secondary N) is 1. The number of amidine groups is 1. The number of amides is 1. The standard InChI is InChI=1S/C27H33N3O6/c1-16(2)24(28)30-36-25(32)22(14-23(31)35-27(3,4)5)29-26(33)34-15-21-19-12-8-6-10-17(19)18-11-7-9-13-20(18)21/h6-13,16,21-22H,14-15H2,1-5H3,(H2,28,30)(H,29,33)/t22-/m1/s1. The van der Waals surface area contributed by atoms with E-state index in [0.29, 0.717) is 0 Å². The van der Waals surface area contributed by atoms with Gasteiger partial charge >= 0.3 is 18.0 Å². The molecule has 1 atom stereocenters. The summed E-state index contributed by atoms with van der Waals surface area (Å²) in [4.78, 5) is 42.6. The van der Waals surface area contributed by atoms with Crippen LogP contribution in [0.25, 0.3) is 11.1 Å². The summed E-state index contributed by atoms with van der Waals surface area (Å²) < 4.78 is 10.8. The molecule has 0 aliphatic heterocycles. The van der Waals surface area contributed by atoms with Gasteiger partial charge in [-0.3, -0.25) is 4.79 Å². The summed E-state index contributed by atoms with van der Waals surface area (Å²) in [6.07, 6.45) is -1.33. The molecule has 2 aromatic carbocycles. The molecule has 0 saturated carbocycles. The normalized spacial score (nSPS) is 14.0. The predicted octanol–water partition coefficient (Wildman–Crippen LogP) is 4.10. The Bertz CT molecular complexity index is 1110. The van der Waals surface area contributed by atoms with Gasteiger partial charge < -0.3 is 25.4 Å². The highest BCUT2D eigenvalue weighted by Crippen LogP contribution is 2.44. The molecule has 0 fully saturated rings. The van der Waals surface area contributed by atoms with E-state index in [-0.39, 0.29) is 24.3 Å². The van der Waals surface area contributed by atoms with Crippen LogP contribution in [0.5, 0.6) is 0 Å². The molecule has 9 heteroatoms. The summed E-state index contributed by atoms with van der Waals surface area (Å²) in [6, 6.07) is 14.5. The maximum Gasteiger partial charge on any atom is 0.407 e. The van der Waals surface area contributed by atoms with Crippen molar-refractivity contribution in [2.75, 3.05) is 6.61 Å². The number of ether oxygens (including phenoxy) is 2. The van der Waals surface area contributed by atoms with E-state index in [2.05, 4.69) is 10.5 Å². The zero-order chi connectivity index (χ0) is 26.5. The second kappa shape index (κ2) is 11.2. The molecule has 9 nitrogen and oxygen atoms in total. The van der Waals surface area contributed by atoms with Gasteiger partial charge in [-0.1, -0.05) is 67.5 Å². The molecule has 0 heterocycles. The maximum absolute atomic E-state index is 12.7. The first-order valence-corrected chi connectivity index (χ1v) is 11.8. The van der Waals surface area contributed by atoms with Gasteiger partial charge in [0, 0.05) is 11.8 Å². The van der Waals surface area contributed by atoms with E-state index in [4.69, 9.17) is 20.0 Å². The number of hydrogen-bond donors (Lipinski definition) is 2. The Labute approximate surface area is 211 Å². The number of oxime groups is 1. The monoisotopic (exact) mass is 495 g/mol. The number of alkyl carbamates (subject to hydrolysis) is 1. The van der Waals surface area contributed by atoms with E-state index in [9.17, 15) is 14.4 Å². The van der Waals surface area contributed by atoms with Gasteiger partial charge in [0.15, 0.2) is 0 Å². The molecule has 0 spiro atoms. The number of nitrogens with zero attached hydrogens (tertiary/aromatic N) is 1. The van der Waals surface area contributed by atoms with Crippen molar-refractivity contribution in [3.05, 3.63) is 59.7 Å². The lowest BCUT2D eigenvalue weighted by atomic mass is 9.98. The topological polar surface area (TPSA) is 129 Å². The Morgan fingerprint density at radius 3 is 2.08 bits per heavy atom. The number of nitrogens with two attached hydrogens (primary N) is 1. The third kappa shape index (κ3) is 6.84.